The first-order valence-corrected chi connectivity index (χ1v) is 32.8. The van der Waals surface area contributed by atoms with Crippen LogP contribution >= 0.6 is 93.1 Å². The van der Waals surface area contributed by atoms with E-state index in [4.69, 9.17) is 120 Å². The van der Waals surface area contributed by atoms with E-state index in [2.05, 4.69) is 76.7 Å². The van der Waals surface area contributed by atoms with E-state index < -0.39 is 194 Å². The number of carboxylic acid groups (broad SMARTS) is 2. The lowest BCUT2D eigenvalue weighted by molar-refractivity contribution is -0.358. The molecule has 0 radical (unpaired) electrons. The molecule has 43 heteroatoms. The van der Waals surface area contributed by atoms with Crippen molar-refractivity contribution < 1.29 is 146 Å². The van der Waals surface area contributed by atoms with Crippen molar-refractivity contribution in [3.63, 3.8) is 0 Å². The van der Waals surface area contributed by atoms with Crippen molar-refractivity contribution in [2.75, 3.05) is 36.7 Å². The first-order chi connectivity index (χ1) is 41.3. The summed E-state index contributed by atoms with van der Waals surface area (Å²) in [6.07, 6.45) is -19.7. The molecule has 564 valence electrons. The third kappa shape index (κ3) is 24.2. The van der Waals surface area contributed by atoms with Crippen molar-refractivity contribution in [3.8, 4) is 0 Å². The summed E-state index contributed by atoms with van der Waals surface area (Å²) in [5, 5.41) is 124. The molecule has 30 N–H and O–H groups in total. The van der Waals surface area contributed by atoms with Crippen LogP contribution in [0.5, 0.6) is 0 Å². The van der Waals surface area contributed by atoms with Gasteiger partial charge in [0.25, 0.3) is 0 Å². The zero-order valence-electron chi connectivity index (χ0n) is 53.4. The topological polar surface area (TPSA) is 658 Å². The monoisotopic (exact) mass is 1540 g/mol. The molecule has 0 saturated carbocycles. The highest BCUT2D eigenvalue weighted by atomic mass is 35.5. The van der Waals surface area contributed by atoms with Crippen LogP contribution in [0.2, 0.25) is 0 Å². The number of halogens is 6. The van der Waals surface area contributed by atoms with Crippen LogP contribution in [0, 0.1) is 0 Å². The van der Waals surface area contributed by atoms with E-state index in [-0.39, 0.29) is 82.0 Å². The number of carboxylic acids is 2. The number of rotatable bonds is 22. The van der Waals surface area contributed by atoms with Crippen molar-refractivity contribution in [3.05, 3.63) is 0 Å². The summed E-state index contributed by atoms with van der Waals surface area (Å²) in [4.78, 5) is 68.9. The van der Waals surface area contributed by atoms with Crippen LogP contribution in [0.15, 0.2) is 0 Å². The summed E-state index contributed by atoms with van der Waals surface area (Å²) in [5.74, 6) is -9.08. The molecular weight excluding hydrogens is 1450 g/mol. The zero-order chi connectivity index (χ0) is 69.3. The van der Waals surface area contributed by atoms with Gasteiger partial charge in [-0.15, -0.1) is 93.1 Å². The maximum Gasteiger partial charge on any atom is 0.305 e. The van der Waals surface area contributed by atoms with Gasteiger partial charge in [-0.05, 0) is 69.2 Å². The van der Waals surface area contributed by atoms with Gasteiger partial charge in [-0.25, -0.2) is 0 Å². The third-order valence-corrected chi connectivity index (χ3v) is 20.8. The van der Waals surface area contributed by atoms with Crippen LogP contribution in [0.25, 0.3) is 0 Å². The molecule has 6 aliphatic heterocycles. The highest BCUT2D eigenvalue weighted by molar-refractivity contribution is 8.03. The lowest BCUT2D eigenvalue weighted by atomic mass is 9.89. The van der Waals surface area contributed by atoms with Gasteiger partial charge in [0.05, 0.1) is 84.5 Å². The molecule has 6 fully saturated rings. The highest BCUT2D eigenvalue weighted by Gasteiger charge is 2.61. The Hall–Kier alpha value is -1.66. The number of aliphatic carboxylic acids is 2. The van der Waals surface area contributed by atoms with Crippen LogP contribution in [-0.2, 0) is 57.2 Å². The van der Waals surface area contributed by atoms with Crippen molar-refractivity contribution in [2.45, 2.75) is 245 Å². The van der Waals surface area contributed by atoms with Crippen LogP contribution in [0.4, 0.5) is 0 Å². The third-order valence-electron chi connectivity index (χ3n) is 15.3. The maximum absolute atomic E-state index is 12.2. The molecule has 0 spiro atoms. The second-order valence-electron chi connectivity index (χ2n) is 24.3. The summed E-state index contributed by atoms with van der Waals surface area (Å²) < 4.78 is 32.0. The molecule has 6 saturated heterocycles. The van der Waals surface area contributed by atoms with Crippen molar-refractivity contribution >= 4 is 129 Å². The number of carbonyl (C=O) groups excluding carboxylic acids is 4. The van der Waals surface area contributed by atoms with E-state index >= 15 is 0 Å². The molecule has 0 aromatic carbocycles. The van der Waals surface area contributed by atoms with Gasteiger partial charge in [0.15, 0.2) is 12.6 Å². The van der Waals surface area contributed by atoms with Crippen molar-refractivity contribution in [1.29, 1.82) is 0 Å². The van der Waals surface area contributed by atoms with E-state index in [0.29, 0.717) is 0 Å². The average molecular weight is 1550 g/mol. The van der Waals surface area contributed by atoms with E-state index in [1.165, 1.54) is 0 Å². The van der Waals surface area contributed by atoms with Crippen molar-refractivity contribution in [2.24, 2.45) is 11.5 Å². The number of alkyl halides is 6. The average Bonchev–Trinajstić information content (AvgIpc) is 1.65. The Morgan fingerprint density at radius 1 is 0.484 bits per heavy atom. The zero-order valence-corrected chi connectivity index (χ0v) is 59.5. The fraction of sp³-hybridized carbons (Fsp3) is 0.885. The van der Waals surface area contributed by atoms with Crippen molar-refractivity contribution in [1.82, 2.24) is 21.3 Å². The van der Waals surface area contributed by atoms with Gasteiger partial charge < -0.3 is 150 Å². The molecule has 0 unspecified atom stereocenters. The predicted molar refractivity (Wildman–Crippen MR) is 348 cm³/mol. The van der Waals surface area contributed by atoms with Gasteiger partial charge in [0.2, 0.25) is 35.2 Å². The van der Waals surface area contributed by atoms with Gasteiger partial charge in [-0.3, -0.25) is 28.8 Å². The van der Waals surface area contributed by atoms with Crippen LogP contribution in [0.1, 0.15) is 82.1 Å². The number of aliphatic hydroxyl groups excluding tert-OH is 10. The number of nitrogens with one attached hydrogen (secondary N) is 4. The summed E-state index contributed by atoms with van der Waals surface area (Å²) in [7, 11) is 0. The Morgan fingerprint density at radius 2 is 0.758 bits per heavy atom. The first kappa shape index (κ1) is 97.5. The fourth-order valence-corrected chi connectivity index (χ4v) is 16.7. The summed E-state index contributed by atoms with van der Waals surface area (Å²) in [6.45, 7) is 18.5. The first-order valence-electron chi connectivity index (χ1n) is 28.1. The quantitative estimate of drug-likeness (QED) is 0.0448. The molecule has 22 atom stereocenters. The Labute approximate surface area is 586 Å². The SMILES string of the molecule is C[C@@H](NC(=O)[C@@H](N)CC(=O)O)C(=O)NC1C(C)(C)SC1(C)C.C[C@@H](NC(=O)[C@@H](N)CC(=O)O)C(=O)NC1C(C)(C)SC1(C)C.O.O.O.O.O.OC[C@H]1O[C@H](O[C@]2(CCl)O[C@H](CCl)[C@@H](O)[C@@H]2O)[C@H](O)[C@@H](O)[C@H]1Cl.OC[C@H]1O[C@H](O[C@]2(CCl)O[C@H](CCl)[C@@H](O)[C@@H]2O)[C@H](O)[C@@H](O)[C@H]1Cl. The lowest BCUT2D eigenvalue weighted by Gasteiger charge is -2.57. The molecular formula is C52H98Cl6N6O29S2. The van der Waals surface area contributed by atoms with Gasteiger partial charge in [-0.1, -0.05) is 0 Å². The van der Waals surface area contributed by atoms with E-state index in [0.717, 1.165) is 0 Å². The van der Waals surface area contributed by atoms with E-state index in [9.17, 15) is 79.8 Å². The van der Waals surface area contributed by atoms with E-state index in [1.807, 2.05) is 0 Å². The number of hydrogen-bond acceptors (Lipinski definition) is 26. The Morgan fingerprint density at radius 3 is 0.968 bits per heavy atom. The molecule has 4 amide bonds. The number of carbonyl (C=O) groups is 6. The normalized spacial score (nSPS) is 35.0. The fourth-order valence-electron chi connectivity index (χ4n) is 10.8. The van der Waals surface area contributed by atoms with Crippen LogP contribution in [-0.4, -0.2) is 324 Å². The van der Waals surface area contributed by atoms with Gasteiger partial charge in [-0.2, -0.15) is 0 Å². The van der Waals surface area contributed by atoms with Gasteiger partial charge >= 0.3 is 11.9 Å². The molecule has 0 aromatic rings. The number of amides is 4. The minimum absolute atomic E-state index is 0. The molecule has 6 rings (SSSR count). The molecule has 95 heavy (non-hydrogen) atoms. The molecule has 35 nitrogen and oxygen atoms in total. The molecule has 0 bridgehead atoms. The van der Waals surface area contributed by atoms with Gasteiger partial charge in [0, 0.05) is 19.0 Å². The number of thioether (sulfide) groups is 2. The second-order valence-corrected chi connectivity index (χ2v) is 31.1. The maximum atomic E-state index is 12.2. The van der Waals surface area contributed by atoms with Gasteiger partial charge in [0.1, 0.15) is 85.3 Å². The molecule has 0 aromatic heterocycles. The Bertz CT molecular complexity index is 2230. The highest BCUT2D eigenvalue weighted by Crippen LogP contribution is 2.55. The summed E-state index contributed by atoms with van der Waals surface area (Å²) in [6, 6.07) is -3.90. The number of hydrogen-bond donors (Lipinski definition) is 18. The number of nitrogens with two attached hydrogens (primary N) is 2. The summed E-state index contributed by atoms with van der Waals surface area (Å²) in [5.41, 5.74) is 10.9. The smallest absolute Gasteiger partial charge is 0.305 e. The number of aliphatic hydroxyl groups is 10. The molecule has 6 aliphatic rings. The standard InChI is InChI=1S/2C14H25N3O4S.2C12H19Cl3O8.5H2O/c2*1-7(16-11(21)8(15)6-9(18)19)10(20)17-12-13(2,3)22-14(12,4)5;2*13-1-4-7(17)10(20)12(3-14,22-4)23-11-9(19)8(18)6(15)5(2-16)21-11;;;;;/h2*7-8,12H,6,15H2,1-5H3,(H,16,21)(H,17,20)(H,18,19);2*4-11,16-20H,1-3H2;5*1H2/t2*7-,8+;2*4-,5-,6+,7-,8+,9-,10+,11-,12+;;;;;/m1111...../s1. The minimum atomic E-state index is -1.90. The largest absolute Gasteiger partial charge is 0.481 e. The molecule has 0 aliphatic carbocycles. The predicted octanol–water partition coefficient (Wildman–Crippen LogP) is -7.27. The summed E-state index contributed by atoms with van der Waals surface area (Å²) >= 11 is 38.2. The van der Waals surface area contributed by atoms with Crippen LogP contribution < -0.4 is 32.7 Å². The van der Waals surface area contributed by atoms with E-state index in [1.54, 1.807) is 37.4 Å². The van der Waals surface area contributed by atoms with Crippen LogP contribution in [0.3, 0.4) is 0 Å². The second kappa shape index (κ2) is 40.3. The number of ether oxygens (including phenoxy) is 6. The Balaban J connectivity index is -0.00000117. The lowest BCUT2D eigenvalue weighted by Crippen LogP contribution is -2.68. The molecule has 6 heterocycles. The minimum Gasteiger partial charge on any atom is -0.481 e. The Kier molecular flexibility index (Phi) is 41.3.